The number of ketones is 1. The highest BCUT2D eigenvalue weighted by molar-refractivity contribution is 6.30. The number of benzene rings is 3. The number of aryl methyl sites for hydroxylation is 1. The topological polar surface area (TPSA) is 63.6 Å². The van der Waals surface area contributed by atoms with Crippen molar-refractivity contribution in [3.63, 3.8) is 0 Å². The number of para-hydroxylation sites is 1. The van der Waals surface area contributed by atoms with E-state index in [1.165, 1.54) is 25.0 Å². The highest BCUT2D eigenvalue weighted by Crippen LogP contribution is 2.40. The molecule has 43 heavy (non-hydrogen) atoms. The average molecular weight is 602 g/mol. The molecule has 1 N–H and O–H groups in total. The molecule has 2 fully saturated rings. The van der Waals surface area contributed by atoms with Crippen molar-refractivity contribution in [1.29, 1.82) is 0 Å². The molecule has 2 bridgehead atoms. The Hall–Kier alpha value is -3.68. The van der Waals surface area contributed by atoms with Gasteiger partial charge in [0, 0.05) is 60.3 Å². The molecule has 3 aromatic carbocycles. The zero-order chi connectivity index (χ0) is 29.9. The second kappa shape index (κ2) is 12.9. The van der Waals surface area contributed by atoms with E-state index < -0.39 is 0 Å². The Morgan fingerprint density at radius 2 is 1.74 bits per heavy atom. The van der Waals surface area contributed by atoms with E-state index in [9.17, 15) is 14.0 Å². The number of ether oxygens (including phenoxy) is 1. The molecule has 0 aliphatic carbocycles. The van der Waals surface area contributed by atoms with Crippen molar-refractivity contribution < 1.29 is 18.7 Å². The van der Waals surface area contributed by atoms with Gasteiger partial charge in [0.25, 0.3) is 5.91 Å². The van der Waals surface area contributed by atoms with Gasteiger partial charge in [0.2, 0.25) is 0 Å². The Morgan fingerprint density at radius 3 is 2.47 bits per heavy atom. The Balaban J connectivity index is 1.09. The summed E-state index contributed by atoms with van der Waals surface area (Å²) in [5.41, 5.74) is 2.94. The molecule has 3 atom stereocenters. The lowest BCUT2D eigenvalue weighted by atomic mass is 9.85. The number of hydrogen-bond acceptors (Lipinski definition) is 4. The maximum Gasteiger partial charge on any atom is 0.253 e. The molecule has 2 saturated heterocycles. The fraction of sp³-hybridized carbons (Fsp3) is 0.371. The van der Waals surface area contributed by atoms with Crippen LogP contribution in [0.4, 0.5) is 4.39 Å². The molecule has 6 rings (SSSR count). The molecule has 1 aromatic heterocycles. The molecular weight excluding hydrogens is 565 g/mol. The van der Waals surface area contributed by atoms with Crippen LogP contribution in [0, 0.1) is 11.7 Å². The van der Waals surface area contributed by atoms with Crippen LogP contribution < -0.4 is 10.1 Å². The number of carbonyl (C=O) groups excluding carboxylic acids is 2. The number of halogens is 2. The van der Waals surface area contributed by atoms with Crippen LogP contribution >= 0.6 is 11.6 Å². The van der Waals surface area contributed by atoms with Crippen molar-refractivity contribution in [2.75, 3.05) is 13.7 Å². The van der Waals surface area contributed by atoms with Gasteiger partial charge in [-0.25, -0.2) is 4.39 Å². The standard InChI is InChI=1S/C35H37ClFN3O3/c1-43-33-8-3-7-30-31(35(42)38-21-23-5-2-6-27(37)17-23)22-39(34(30)33)15-4-16-40-28-13-14-29(40)19-24(18-28)20-32(41)25-9-11-26(36)12-10-25/h2-3,5-12,17,22,24,28-29H,4,13-16,18-21H2,1H3,(H,38,42)/t24?,28-,29+. The SMILES string of the molecule is COc1cccc2c(C(=O)NCc3cccc(F)c3)cn(CCCN3[C@@H]4CC[C@H]3CC(CC(=O)c3ccc(Cl)cc3)C4)c12. The van der Waals surface area contributed by atoms with Gasteiger partial charge in [-0.1, -0.05) is 35.9 Å². The van der Waals surface area contributed by atoms with Crippen molar-refractivity contribution in [3.05, 3.63) is 100 Å². The second-order valence-corrected chi connectivity index (χ2v) is 12.3. The lowest BCUT2D eigenvalue weighted by molar-refractivity contribution is 0.0807. The number of methoxy groups -OCH3 is 1. The van der Waals surface area contributed by atoms with Crippen LogP contribution in [0.5, 0.6) is 5.75 Å². The first kappa shape index (κ1) is 29.4. The zero-order valence-electron chi connectivity index (χ0n) is 24.4. The van der Waals surface area contributed by atoms with Crippen LogP contribution in [-0.2, 0) is 13.1 Å². The van der Waals surface area contributed by atoms with Crippen molar-refractivity contribution in [1.82, 2.24) is 14.8 Å². The molecule has 4 aromatic rings. The minimum Gasteiger partial charge on any atom is -0.495 e. The number of hydrogen-bond donors (Lipinski definition) is 1. The van der Waals surface area contributed by atoms with E-state index >= 15 is 0 Å². The summed E-state index contributed by atoms with van der Waals surface area (Å²) in [4.78, 5) is 28.8. The maximum absolute atomic E-state index is 13.6. The average Bonchev–Trinajstić information content (AvgIpc) is 3.49. The molecule has 2 aliphatic heterocycles. The van der Waals surface area contributed by atoms with Crippen LogP contribution in [0.3, 0.4) is 0 Å². The van der Waals surface area contributed by atoms with Crippen molar-refractivity contribution >= 4 is 34.2 Å². The number of aromatic nitrogens is 1. The Morgan fingerprint density at radius 1 is 1.00 bits per heavy atom. The van der Waals surface area contributed by atoms with E-state index in [-0.39, 0.29) is 24.1 Å². The third kappa shape index (κ3) is 6.48. The molecule has 3 heterocycles. The smallest absolute Gasteiger partial charge is 0.253 e. The molecular formula is C35H37ClFN3O3. The molecule has 8 heteroatoms. The molecule has 0 radical (unpaired) electrons. The van der Waals surface area contributed by atoms with Crippen LogP contribution in [0.2, 0.25) is 5.02 Å². The normalized spacial score (nSPS) is 19.9. The van der Waals surface area contributed by atoms with Crippen molar-refractivity contribution in [3.8, 4) is 5.75 Å². The van der Waals surface area contributed by atoms with E-state index in [0.717, 1.165) is 54.6 Å². The fourth-order valence-corrected chi connectivity index (χ4v) is 7.26. The summed E-state index contributed by atoms with van der Waals surface area (Å²) in [5.74, 6) is 0.835. The van der Waals surface area contributed by atoms with Crippen molar-refractivity contribution in [2.45, 2.75) is 63.7 Å². The number of nitrogens with zero attached hydrogens (tertiary/aromatic N) is 2. The van der Waals surface area contributed by atoms with Crippen LogP contribution in [0.15, 0.2) is 72.9 Å². The number of fused-ring (bicyclic) bond motifs is 3. The van der Waals surface area contributed by atoms with Crippen LogP contribution in [0.25, 0.3) is 10.9 Å². The van der Waals surface area contributed by atoms with Gasteiger partial charge in [-0.15, -0.1) is 0 Å². The quantitative estimate of drug-likeness (QED) is 0.184. The number of carbonyl (C=O) groups is 2. The van der Waals surface area contributed by atoms with Crippen LogP contribution in [0.1, 0.15) is 64.8 Å². The summed E-state index contributed by atoms with van der Waals surface area (Å²) < 4.78 is 21.4. The lowest BCUT2D eigenvalue weighted by Gasteiger charge is -2.39. The molecule has 1 amide bonds. The molecule has 6 nitrogen and oxygen atoms in total. The maximum atomic E-state index is 13.6. The third-order valence-electron chi connectivity index (χ3n) is 9.11. The molecule has 0 saturated carbocycles. The first-order chi connectivity index (χ1) is 20.9. The summed E-state index contributed by atoms with van der Waals surface area (Å²) in [6, 6.07) is 20.3. The monoisotopic (exact) mass is 601 g/mol. The van der Waals surface area contributed by atoms with Crippen molar-refractivity contribution in [2.24, 2.45) is 5.92 Å². The number of piperidine rings is 1. The van der Waals surface area contributed by atoms with Gasteiger partial charge in [-0.2, -0.15) is 0 Å². The summed E-state index contributed by atoms with van der Waals surface area (Å²) in [7, 11) is 1.65. The summed E-state index contributed by atoms with van der Waals surface area (Å²) >= 11 is 6.00. The van der Waals surface area contributed by atoms with Gasteiger partial charge in [-0.05, 0) is 86.1 Å². The number of rotatable bonds is 11. The number of amides is 1. The Labute approximate surface area is 256 Å². The molecule has 1 unspecified atom stereocenters. The Kier molecular flexibility index (Phi) is 8.82. The highest BCUT2D eigenvalue weighted by Gasteiger charge is 2.40. The molecule has 0 spiro atoms. The first-order valence-electron chi connectivity index (χ1n) is 15.1. The largest absolute Gasteiger partial charge is 0.495 e. The first-order valence-corrected chi connectivity index (χ1v) is 15.5. The van der Waals surface area contributed by atoms with Gasteiger partial charge < -0.3 is 14.6 Å². The Bertz CT molecular complexity index is 1600. The summed E-state index contributed by atoms with van der Waals surface area (Å²) in [6.45, 7) is 1.98. The van der Waals surface area contributed by atoms with E-state index in [1.54, 1.807) is 31.4 Å². The minimum atomic E-state index is -0.322. The number of Topliss-reactive ketones (excluding diaryl/α,β-unsaturated/α-hetero) is 1. The minimum absolute atomic E-state index is 0.200. The highest BCUT2D eigenvalue weighted by atomic mass is 35.5. The predicted molar refractivity (Wildman–Crippen MR) is 167 cm³/mol. The van der Waals surface area contributed by atoms with Gasteiger partial charge in [-0.3, -0.25) is 14.5 Å². The predicted octanol–water partition coefficient (Wildman–Crippen LogP) is 7.28. The van der Waals surface area contributed by atoms with E-state index in [1.807, 2.05) is 36.5 Å². The summed E-state index contributed by atoms with van der Waals surface area (Å²) in [6.07, 6.45) is 7.95. The van der Waals surface area contributed by atoms with E-state index in [0.29, 0.717) is 40.6 Å². The lowest BCUT2D eigenvalue weighted by Crippen LogP contribution is -2.43. The van der Waals surface area contributed by atoms with Gasteiger partial charge in [0.1, 0.15) is 11.6 Å². The number of nitrogens with one attached hydrogen (secondary N) is 1. The van der Waals surface area contributed by atoms with Crippen LogP contribution in [-0.4, -0.2) is 46.9 Å². The fourth-order valence-electron chi connectivity index (χ4n) is 7.13. The third-order valence-corrected chi connectivity index (χ3v) is 9.36. The van der Waals surface area contributed by atoms with Gasteiger partial charge in [0.05, 0.1) is 18.2 Å². The van der Waals surface area contributed by atoms with Gasteiger partial charge >= 0.3 is 0 Å². The van der Waals surface area contributed by atoms with Gasteiger partial charge in [0.15, 0.2) is 5.78 Å². The zero-order valence-corrected chi connectivity index (χ0v) is 25.2. The van der Waals surface area contributed by atoms with E-state index in [2.05, 4.69) is 14.8 Å². The second-order valence-electron chi connectivity index (χ2n) is 11.9. The molecule has 2 aliphatic rings. The van der Waals surface area contributed by atoms with E-state index in [4.69, 9.17) is 16.3 Å². The molecule has 224 valence electrons. The summed E-state index contributed by atoms with van der Waals surface area (Å²) in [5, 5.41) is 4.43.